The van der Waals surface area contributed by atoms with E-state index in [4.69, 9.17) is 17.3 Å². The highest BCUT2D eigenvalue weighted by molar-refractivity contribution is 6.33. The van der Waals surface area contributed by atoms with E-state index in [9.17, 15) is 0 Å². The van der Waals surface area contributed by atoms with Gasteiger partial charge in [-0.3, -0.25) is 4.99 Å². The van der Waals surface area contributed by atoms with Crippen molar-refractivity contribution in [3.63, 3.8) is 0 Å². The second kappa shape index (κ2) is 5.68. The molecule has 0 bridgehead atoms. The Balaban J connectivity index is 2.02. The first-order chi connectivity index (χ1) is 8.70. The molecule has 2 aromatic rings. The Kier molecular flexibility index (Phi) is 3.99. The molecular weight excluding hydrogens is 252 g/mol. The zero-order chi connectivity index (χ0) is 13.0. The number of aliphatic imine (C=N–C) groups is 1. The maximum atomic E-state index is 5.91. The SMILES string of the molecule is CCNC(N)=NCCc1cnc2c(Cl)cnn2c1. The molecule has 0 radical (unpaired) electrons. The van der Waals surface area contributed by atoms with Gasteiger partial charge in [0, 0.05) is 25.5 Å². The zero-order valence-corrected chi connectivity index (χ0v) is 10.9. The number of nitrogens with two attached hydrogens (primary N) is 1. The lowest BCUT2D eigenvalue weighted by molar-refractivity contribution is 0.871. The van der Waals surface area contributed by atoms with Crippen molar-refractivity contribution >= 4 is 23.2 Å². The minimum Gasteiger partial charge on any atom is -0.370 e. The topological polar surface area (TPSA) is 80.6 Å². The lowest BCUT2D eigenvalue weighted by Crippen LogP contribution is -2.31. The first-order valence-electron chi connectivity index (χ1n) is 5.72. The van der Waals surface area contributed by atoms with Crippen LogP contribution < -0.4 is 11.1 Å². The first kappa shape index (κ1) is 12.6. The van der Waals surface area contributed by atoms with Gasteiger partial charge in [0.05, 0.1) is 6.20 Å². The summed E-state index contributed by atoms with van der Waals surface area (Å²) in [5.41, 5.74) is 7.33. The largest absolute Gasteiger partial charge is 0.370 e. The maximum absolute atomic E-state index is 5.91. The number of guanidine groups is 1. The van der Waals surface area contributed by atoms with Gasteiger partial charge in [0.1, 0.15) is 5.02 Å². The van der Waals surface area contributed by atoms with Crippen LogP contribution in [0.3, 0.4) is 0 Å². The van der Waals surface area contributed by atoms with Crippen LogP contribution in [-0.2, 0) is 6.42 Å². The lowest BCUT2D eigenvalue weighted by Gasteiger charge is -2.02. The monoisotopic (exact) mass is 266 g/mol. The predicted octanol–water partition coefficient (Wildman–Crippen LogP) is 0.849. The number of rotatable bonds is 4. The van der Waals surface area contributed by atoms with Crippen molar-refractivity contribution in [2.45, 2.75) is 13.3 Å². The molecule has 0 saturated carbocycles. The predicted molar refractivity (Wildman–Crippen MR) is 71.9 cm³/mol. The van der Waals surface area contributed by atoms with Crippen molar-refractivity contribution in [1.82, 2.24) is 19.9 Å². The quantitative estimate of drug-likeness (QED) is 0.635. The second-order valence-electron chi connectivity index (χ2n) is 3.77. The Morgan fingerprint density at radius 3 is 3.17 bits per heavy atom. The number of nitrogens with one attached hydrogen (secondary N) is 1. The van der Waals surface area contributed by atoms with E-state index in [1.807, 2.05) is 13.1 Å². The van der Waals surface area contributed by atoms with Crippen LogP contribution in [0.1, 0.15) is 12.5 Å². The van der Waals surface area contributed by atoms with Crippen LogP contribution in [0.4, 0.5) is 0 Å². The highest BCUT2D eigenvalue weighted by Crippen LogP contribution is 2.14. The Bertz CT molecular complexity index is 562. The van der Waals surface area contributed by atoms with Crippen molar-refractivity contribution in [1.29, 1.82) is 0 Å². The molecule has 0 fully saturated rings. The average molecular weight is 267 g/mol. The number of aromatic nitrogens is 3. The van der Waals surface area contributed by atoms with E-state index in [2.05, 4.69) is 20.4 Å². The number of hydrogen-bond acceptors (Lipinski definition) is 3. The molecule has 0 spiro atoms. The molecule has 2 rings (SSSR count). The number of nitrogens with zero attached hydrogens (tertiary/aromatic N) is 4. The molecule has 18 heavy (non-hydrogen) atoms. The summed E-state index contributed by atoms with van der Waals surface area (Å²) < 4.78 is 1.66. The van der Waals surface area contributed by atoms with Crippen LogP contribution >= 0.6 is 11.6 Å². The smallest absolute Gasteiger partial charge is 0.188 e. The molecule has 0 aliphatic carbocycles. The lowest BCUT2D eigenvalue weighted by atomic mass is 10.2. The molecule has 0 amide bonds. The normalized spacial score (nSPS) is 12.0. The van der Waals surface area contributed by atoms with E-state index >= 15 is 0 Å². The van der Waals surface area contributed by atoms with Crippen LogP contribution in [0.15, 0.2) is 23.6 Å². The molecule has 0 aliphatic heterocycles. The summed E-state index contributed by atoms with van der Waals surface area (Å²) >= 11 is 5.91. The highest BCUT2D eigenvalue weighted by Gasteiger charge is 2.03. The molecule has 0 unspecified atom stereocenters. The molecule has 6 nitrogen and oxygen atoms in total. The molecule has 96 valence electrons. The molecule has 3 N–H and O–H groups in total. The van der Waals surface area contributed by atoms with Crippen LogP contribution in [0.25, 0.3) is 5.65 Å². The van der Waals surface area contributed by atoms with Gasteiger partial charge in [-0.25, -0.2) is 9.50 Å². The summed E-state index contributed by atoms with van der Waals surface area (Å²) in [5, 5.41) is 7.59. The zero-order valence-electron chi connectivity index (χ0n) is 10.1. The fourth-order valence-electron chi connectivity index (χ4n) is 1.56. The van der Waals surface area contributed by atoms with Gasteiger partial charge in [-0.15, -0.1) is 0 Å². The van der Waals surface area contributed by atoms with Crippen molar-refractivity contribution in [2.75, 3.05) is 13.1 Å². The Labute approximate surface area is 110 Å². The van der Waals surface area contributed by atoms with Gasteiger partial charge in [-0.05, 0) is 18.9 Å². The molecular formula is C11H15ClN6. The van der Waals surface area contributed by atoms with Gasteiger partial charge in [-0.1, -0.05) is 11.6 Å². The van der Waals surface area contributed by atoms with E-state index in [0.29, 0.717) is 23.2 Å². The van der Waals surface area contributed by atoms with Gasteiger partial charge >= 0.3 is 0 Å². The summed E-state index contributed by atoms with van der Waals surface area (Å²) in [6.07, 6.45) is 6.01. The maximum Gasteiger partial charge on any atom is 0.188 e. The van der Waals surface area contributed by atoms with E-state index in [-0.39, 0.29) is 0 Å². The molecule has 2 heterocycles. The minimum absolute atomic E-state index is 0.466. The average Bonchev–Trinajstić information content (AvgIpc) is 2.71. The van der Waals surface area contributed by atoms with Crippen LogP contribution in [0.2, 0.25) is 5.02 Å². The fraction of sp³-hybridized carbons (Fsp3) is 0.364. The summed E-state index contributed by atoms with van der Waals surface area (Å²) in [6, 6.07) is 0. The van der Waals surface area contributed by atoms with E-state index in [0.717, 1.165) is 18.5 Å². The van der Waals surface area contributed by atoms with E-state index in [1.54, 1.807) is 16.9 Å². The number of hydrogen-bond donors (Lipinski definition) is 2. The van der Waals surface area contributed by atoms with E-state index < -0.39 is 0 Å². The Morgan fingerprint density at radius 2 is 2.39 bits per heavy atom. The summed E-state index contributed by atoms with van der Waals surface area (Å²) in [6.45, 7) is 3.36. The number of fused-ring (bicyclic) bond motifs is 1. The highest BCUT2D eigenvalue weighted by atomic mass is 35.5. The third-order valence-electron chi connectivity index (χ3n) is 2.41. The van der Waals surface area contributed by atoms with Crippen LogP contribution in [0.5, 0.6) is 0 Å². The fourth-order valence-corrected chi connectivity index (χ4v) is 1.74. The van der Waals surface area contributed by atoms with Crippen LogP contribution in [-0.4, -0.2) is 33.6 Å². The molecule has 0 atom stereocenters. The molecule has 7 heteroatoms. The van der Waals surface area contributed by atoms with Gasteiger partial charge in [0.2, 0.25) is 0 Å². The van der Waals surface area contributed by atoms with Gasteiger partial charge in [0.25, 0.3) is 0 Å². The molecule has 0 saturated heterocycles. The van der Waals surface area contributed by atoms with Crippen molar-refractivity contribution in [3.8, 4) is 0 Å². The molecule has 0 aliphatic rings. The van der Waals surface area contributed by atoms with Crippen molar-refractivity contribution < 1.29 is 0 Å². The van der Waals surface area contributed by atoms with Gasteiger partial charge < -0.3 is 11.1 Å². The number of halogens is 1. The van der Waals surface area contributed by atoms with Crippen molar-refractivity contribution in [2.24, 2.45) is 10.7 Å². The standard InChI is InChI=1S/C11H15ClN6/c1-2-14-11(13)15-4-3-8-5-16-10-9(12)6-17-18(10)7-8/h5-7H,2-4H2,1H3,(H3,13,14,15). The third kappa shape index (κ3) is 2.89. The summed E-state index contributed by atoms with van der Waals surface area (Å²) in [4.78, 5) is 8.44. The molecule has 2 aromatic heterocycles. The second-order valence-corrected chi connectivity index (χ2v) is 4.18. The third-order valence-corrected chi connectivity index (χ3v) is 2.67. The Hall–Kier alpha value is -1.82. The van der Waals surface area contributed by atoms with Gasteiger partial charge in [-0.2, -0.15) is 5.10 Å². The van der Waals surface area contributed by atoms with Gasteiger partial charge in [0.15, 0.2) is 11.6 Å². The molecule has 0 aromatic carbocycles. The Morgan fingerprint density at radius 1 is 1.56 bits per heavy atom. The van der Waals surface area contributed by atoms with Crippen LogP contribution in [0, 0.1) is 0 Å². The minimum atomic E-state index is 0.466. The van der Waals surface area contributed by atoms with Crippen molar-refractivity contribution in [3.05, 3.63) is 29.2 Å². The summed E-state index contributed by atoms with van der Waals surface area (Å²) in [5.74, 6) is 0.466. The summed E-state index contributed by atoms with van der Waals surface area (Å²) in [7, 11) is 0. The first-order valence-corrected chi connectivity index (χ1v) is 6.10. The van der Waals surface area contributed by atoms with E-state index in [1.165, 1.54) is 0 Å².